The topological polar surface area (TPSA) is 74.5 Å². The second-order valence-electron chi connectivity index (χ2n) is 4.53. The lowest BCUT2D eigenvalue weighted by molar-refractivity contribution is 0.0420. The Bertz CT molecular complexity index is 592. The van der Waals surface area contributed by atoms with Crippen LogP contribution in [0.4, 0.5) is 0 Å². The maximum atomic E-state index is 11.8. The lowest BCUT2D eigenvalue weighted by Gasteiger charge is -2.04. The molecule has 2 rings (SSSR count). The largest absolute Gasteiger partial charge is 0.497 e. The molecule has 0 saturated heterocycles. The third-order valence-electron chi connectivity index (χ3n) is 2.70. The summed E-state index contributed by atoms with van der Waals surface area (Å²) in [6.45, 7) is 3.98. The summed E-state index contributed by atoms with van der Waals surface area (Å²) in [4.78, 5) is 15.9. The first-order valence-corrected chi connectivity index (χ1v) is 6.23. The zero-order valence-electron chi connectivity index (χ0n) is 11.6. The lowest BCUT2D eigenvalue weighted by Crippen LogP contribution is -2.05. The fourth-order valence-electron chi connectivity index (χ4n) is 1.53. The van der Waals surface area contributed by atoms with Gasteiger partial charge in [0.1, 0.15) is 12.4 Å². The van der Waals surface area contributed by atoms with Crippen molar-refractivity contribution in [3.63, 3.8) is 0 Å². The molecule has 2 aromatic heterocycles. The van der Waals surface area contributed by atoms with Crippen molar-refractivity contribution in [2.75, 3.05) is 7.11 Å². The van der Waals surface area contributed by atoms with Crippen LogP contribution in [0.3, 0.4) is 0 Å². The predicted molar refractivity (Wildman–Crippen MR) is 70.5 cm³/mol. The van der Waals surface area contributed by atoms with Crippen LogP contribution in [0.15, 0.2) is 28.9 Å². The highest BCUT2D eigenvalue weighted by Gasteiger charge is 2.16. The number of carbonyl (C=O) groups is 1. The highest BCUT2D eigenvalue weighted by Crippen LogP contribution is 2.15. The number of ether oxygens (including phenoxy) is 2. The minimum Gasteiger partial charge on any atom is -0.497 e. The van der Waals surface area contributed by atoms with Gasteiger partial charge >= 0.3 is 5.97 Å². The molecular formula is C14H16N2O4. The molecule has 0 bridgehead atoms. The van der Waals surface area contributed by atoms with Crippen molar-refractivity contribution in [2.45, 2.75) is 26.4 Å². The molecule has 0 atom stereocenters. The summed E-state index contributed by atoms with van der Waals surface area (Å²) in [5.74, 6) is 0.388. The van der Waals surface area contributed by atoms with E-state index < -0.39 is 5.97 Å². The van der Waals surface area contributed by atoms with Gasteiger partial charge in [-0.1, -0.05) is 19.0 Å². The Morgan fingerprint density at radius 3 is 2.85 bits per heavy atom. The van der Waals surface area contributed by atoms with Crippen LogP contribution in [0.2, 0.25) is 0 Å². The quantitative estimate of drug-likeness (QED) is 0.781. The van der Waals surface area contributed by atoms with Gasteiger partial charge in [0, 0.05) is 18.3 Å². The molecule has 106 valence electrons. The van der Waals surface area contributed by atoms with E-state index in [9.17, 15) is 4.79 Å². The van der Waals surface area contributed by atoms with Crippen molar-refractivity contribution in [3.05, 3.63) is 41.5 Å². The van der Waals surface area contributed by atoms with Crippen LogP contribution in [0.5, 0.6) is 5.75 Å². The molecule has 0 amide bonds. The molecule has 2 heterocycles. The van der Waals surface area contributed by atoms with E-state index in [1.54, 1.807) is 31.5 Å². The Morgan fingerprint density at radius 1 is 1.40 bits per heavy atom. The normalized spacial score (nSPS) is 10.6. The van der Waals surface area contributed by atoms with Crippen LogP contribution in [-0.2, 0) is 11.3 Å². The van der Waals surface area contributed by atoms with E-state index in [2.05, 4.69) is 10.1 Å². The van der Waals surface area contributed by atoms with Gasteiger partial charge in [-0.15, -0.1) is 0 Å². The number of aromatic nitrogens is 2. The van der Waals surface area contributed by atoms with Gasteiger partial charge in [0.2, 0.25) is 5.76 Å². The summed E-state index contributed by atoms with van der Waals surface area (Å²) in [6.07, 6.45) is 1.59. The van der Waals surface area contributed by atoms with Gasteiger partial charge in [-0.25, -0.2) is 4.79 Å². The van der Waals surface area contributed by atoms with E-state index in [1.165, 1.54) is 0 Å². The number of nitrogens with zero attached hydrogens (tertiary/aromatic N) is 2. The third-order valence-corrected chi connectivity index (χ3v) is 2.70. The number of hydrogen-bond acceptors (Lipinski definition) is 6. The Morgan fingerprint density at radius 2 is 2.20 bits per heavy atom. The number of pyridine rings is 1. The van der Waals surface area contributed by atoms with Gasteiger partial charge in [0.05, 0.1) is 18.5 Å². The number of rotatable bonds is 5. The van der Waals surface area contributed by atoms with Gasteiger partial charge in [-0.2, -0.15) is 0 Å². The van der Waals surface area contributed by atoms with Crippen LogP contribution in [0.1, 0.15) is 41.7 Å². The fourth-order valence-corrected chi connectivity index (χ4v) is 1.53. The van der Waals surface area contributed by atoms with Crippen molar-refractivity contribution in [2.24, 2.45) is 0 Å². The first-order valence-electron chi connectivity index (χ1n) is 6.23. The second-order valence-corrected chi connectivity index (χ2v) is 4.53. The summed E-state index contributed by atoms with van der Waals surface area (Å²) in [6, 6.07) is 5.01. The molecule has 0 aliphatic carbocycles. The van der Waals surface area contributed by atoms with E-state index in [0.717, 1.165) is 5.69 Å². The fraction of sp³-hybridized carbons (Fsp3) is 0.357. The Labute approximate surface area is 116 Å². The van der Waals surface area contributed by atoms with Crippen LogP contribution in [0.25, 0.3) is 0 Å². The molecule has 0 aromatic carbocycles. The monoisotopic (exact) mass is 276 g/mol. The summed E-state index contributed by atoms with van der Waals surface area (Å²) in [5, 5.41) is 3.81. The van der Waals surface area contributed by atoms with Crippen molar-refractivity contribution in [1.82, 2.24) is 10.1 Å². The van der Waals surface area contributed by atoms with Crippen LogP contribution in [-0.4, -0.2) is 23.2 Å². The van der Waals surface area contributed by atoms with Crippen LogP contribution in [0, 0.1) is 0 Å². The molecule has 0 fully saturated rings. The molecule has 0 aliphatic heterocycles. The SMILES string of the molecule is COc1ccnc(COC(=O)c2cc(C(C)C)no2)c1. The minimum absolute atomic E-state index is 0.0494. The van der Waals surface area contributed by atoms with Gasteiger partial charge in [-0.05, 0) is 12.0 Å². The van der Waals surface area contributed by atoms with Gasteiger partial charge in [0.15, 0.2) is 0 Å². The van der Waals surface area contributed by atoms with E-state index in [4.69, 9.17) is 14.0 Å². The molecule has 6 heteroatoms. The lowest BCUT2D eigenvalue weighted by atomic mass is 10.1. The molecule has 0 N–H and O–H groups in total. The number of methoxy groups -OCH3 is 1. The zero-order chi connectivity index (χ0) is 14.5. The summed E-state index contributed by atoms with van der Waals surface area (Å²) in [7, 11) is 1.56. The van der Waals surface area contributed by atoms with E-state index in [0.29, 0.717) is 11.4 Å². The molecular weight excluding hydrogens is 260 g/mol. The van der Waals surface area contributed by atoms with E-state index >= 15 is 0 Å². The number of esters is 1. The number of carbonyl (C=O) groups excluding carboxylic acids is 1. The smallest absolute Gasteiger partial charge is 0.377 e. The first kappa shape index (κ1) is 14.0. The van der Waals surface area contributed by atoms with E-state index in [-0.39, 0.29) is 18.3 Å². The predicted octanol–water partition coefficient (Wildman–Crippen LogP) is 2.56. The highest BCUT2D eigenvalue weighted by atomic mass is 16.6. The molecule has 0 saturated carbocycles. The molecule has 0 radical (unpaired) electrons. The zero-order valence-corrected chi connectivity index (χ0v) is 11.6. The van der Waals surface area contributed by atoms with Gasteiger partial charge in [-0.3, -0.25) is 4.98 Å². The van der Waals surface area contributed by atoms with Crippen molar-refractivity contribution in [3.8, 4) is 5.75 Å². The van der Waals surface area contributed by atoms with Crippen molar-refractivity contribution >= 4 is 5.97 Å². The van der Waals surface area contributed by atoms with Crippen molar-refractivity contribution in [1.29, 1.82) is 0 Å². The molecule has 20 heavy (non-hydrogen) atoms. The van der Waals surface area contributed by atoms with Crippen molar-refractivity contribution < 1.29 is 18.8 Å². The average molecular weight is 276 g/mol. The van der Waals surface area contributed by atoms with Gasteiger partial charge < -0.3 is 14.0 Å². The highest BCUT2D eigenvalue weighted by molar-refractivity contribution is 5.86. The summed E-state index contributed by atoms with van der Waals surface area (Å²) < 4.78 is 15.1. The van der Waals surface area contributed by atoms with Crippen LogP contribution < -0.4 is 4.74 Å². The summed E-state index contributed by atoms with van der Waals surface area (Å²) >= 11 is 0. The molecule has 0 spiro atoms. The maximum Gasteiger partial charge on any atom is 0.377 e. The molecule has 0 unspecified atom stereocenters. The van der Waals surface area contributed by atoms with Crippen LogP contribution >= 0.6 is 0 Å². The Balaban J connectivity index is 1.97. The van der Waals surface area contributed by atoms with Gasteiger partial charge in [0.25, 0.3) is 0 Å². The standard InChI is InChI=1S/C14H16N2O4/c1-9(2)12-7-13(20-16-12)14(17)19-8-10-6-11(18-3)4-5-15-10/h4-7,9H,8H2,1-3H3. The Kier molecular flexibility index (Phi) is 4.34. The molecule has 2 aromatic rings. The Hall–Kier alpha value is -2.37. The third kappa shape index (κ3) is 3.34. The number of hydrogen-bond donors (Lipinski definition) is 0. The summed E-state index contributed by atoms with van der Waals surface area (Å²) in [5.41, 5.74) is 1.32. The first-order chi connectivity index (χ1) is 9.60. The molecule has 0 aliphatic rings. The average Bonchev–Trinajstić information content (AvgIpc) is 2.95. The van der Waals surface area contributed by atoms with E-state index in [1.807, 2.05) is 13.8 Å². The molecule has 6 nitrogen and oxygen atoms in total. The maximum absolute atomic E-state index is 11.8. The minimum atomic E-state index is -0.561. The second kappa shape index (κ2) is 6.18.